The number of ether oxygens (including phenoxy) is 2. The first kappa shape index (κ1) is 28.6. The number of hydrogen-bond donors (Lipinski definition) is 4. The Balaban J connectivity index is 1.41. The maximum Gasteiger partial charge on any atom is 0.325 e. The number of aliphatic imine (C=N–C) groups is 1. The van der Waals surface area contributed by atoms with E-state index in [9.17, 15) is 14.7 Å². The lowest BCUT2D eigenvalue weighted by molar-refractivity contribution is -0.112. The largest absolute Gasteiger partial charge is 0.493 e. The lowest BCUT2D eigenvalue weighted by atomic mass is 10.1. The van der Waals surface area contributed by atoms with Crippen LogP contribution in [-0.2, 0) is 4.79 Å². The topological polar surface area (TPSA) is 156 Å². The number of piperidine rings is 1. The van der Waals surface area contributed by atoms with Crippen LogP contribution in [0.4, 0.5) is 10.6 Å². The lowest BCUT2D eigenvalue weighted by Gasteiger charge is -2.30. The van der Waals surface area contributed by atoms with Crippen molar-refractivity contribution in [3.8, 4) is 17.2 Å². The predicted octanol–water partition coefficient (Wildman–Crippen LogP) is 2.72. The highest BCUT2D eigenvalue weighted by atomic mass is 16.5. The normalized spacial score (nSPS) is 15.8. The zero-order valence-corrected chi connectivity index (χ0v) is 22.8. The molecule has 0 spiro atoms. The molecule has 1 aliphatic heterocycles. The van der Waals surface area contributed by atoms with E-state index >= 15 is 0 Å². The molecule has 0 radical (unpaired) electrons. The van der Waals surface area contributed by atoms with E-state index < -0.39 is 5.91 Å². The van der Waals surface area contributed by atoms with E-state index in [1.807, 2.05) is 0 Å². The lowest BCUT2D eigenvalue weighted by Crippen LogP contribution is -2.39. The average molecular weight is 550 g/mol. The Morgan fingerprint density at radius 2 is 2.02 bits per heavy atom. The van der Waals surface area contributed by atoms with Crippen LogP contribution >= 0.6 is 0 Å². The molecule has 2 amide bonds. The molecule has 40 heavy (non-hydrogen) atoms. The smallest absolute Gasteiger partial charge is 0.325 e. The number of nitrogens with two attached hydrogens (primary N) is 1. The number of rotatable bonds is 9. The molecule has 1 aromatic carbocycles. The number of nitrogens with one attached hydrogen (secondary N) is 2. The molecule has 0 bridgehead atoms. The van der Waals surface area contributed by atoms with Gasteiger partial charge in [-0.05, 0) is 38.0 Å². The number of methoxy groups -OCH3 is 1. The summed E-state index contributed by atoms with van der Waals surface area (Å²) in [6.45, 7) is 4.11. The second-order valence-corrected chi connectivity index (χ2v) is 9.52. The number of pyridine rings is 1. The minimum absolute atomic E-state index is 0.0865. The molecule has 3 aromatic rings. The van der Waals surface area contributed by atoms with Gasteiger partial charge in [-0.15, -0.1) is 0 Å². The molecule has 12 heteroatoms. The maximum atomic E-state index is 12.9. The zero-order valence-electron chi connectivity index (χ0n) is 22.8. The number of β-amino-alcohol motifs (C(OH)–C–C–N with tert-alkyl or cyclic N) is 1. The van der Waals surface area contributed by atoms with Crippen LogP contribution in [0.1, 0.15) is 19.8 Å². The summed E-state index contributed by atoms with van der Waals surface area (Å²) in [5, 5.41) is 15.7. The number of fused-ring (bicyclic) bond motifs is 1. The van der Waals surface area contributed by atoms with E-state index in [4.69, 9.17) is 15.2 Å². The van der Waals surface area contributed by atoms with Crippen LogP contribution in [0.2, 0.25) is 0 Å². The summed E-state index contributed by atoms with van der Waals surface area (Å²) in [5.74, 6) is 1.11. The number of aromatic nitrogens is 2. The van der Waals surface area contributed by atoms with Gasteiger partial charge in [-0.25, -0.2) is 9.78 Å². The molecule has 1 atom stereocenters. The van der Waals surface area contributed by atoms with Crippen LogP contribution in [0.25, 0.3) is 10.9 Å². The number of likely N-dealkylation sites (tertiary alicyclic amines) is 1. The van der Waals surface area contributed by atoms with Gasteiger partial charge in [0.25, 0.3) is 5.91 Å². The molecule has 1 saturated heterocycles. The first-order chi connectivity index (χ1) is 19.3. The summed E-state index contributed by atoms with van der Waals surface area (Å²) in [6, 6.07) is 8.35. The second kappa shape index (κ2) is 13.1. The third-order valence-electron chi connectivity index (χ3n) is 6.55. The van der Waals surface area contributed by atoms with Crippen molar-refractivity contribution in [3.63, 3.8) is 0 Å². The van der Waals surface area contributed by atoms with Gasteiger partial charge in [0, 0.05) is 69.0 Å². The molecule has 12 nitrogen and oxygen atoms in total. The van der Waals surface area contributed by atoms with Crippen molar-refractivity contribution in [1.29, 1.82) is 0 Å². The van der Waals surface area contributed by atoms with Crippen LogP contribution < -0.4 is 25.8 Å². The first-order valence-corrected chi connectivity index (χ1v) is 13.0. The van der Waals surface area contributed by atoms with Crippen LogP contribution in [0.3, 0.4) is 0 Å². The number of anilines is 1. The highest BCUT2D eigenvalue weighted by Crippen LogP contribution is 2.36. The van der Waals surface area contributed by atoms with E-state index in [-0.39, 0.29) is 29.6 Å². The Morgan fingerprint density at radius 1 is 1.25 bits per heavy atom. The van der Waals surface area contributed by atoms with Crippen molar-refractivity contribution in [2.75, 3.05) is 39.1 Å². The Labute approximate surface area is 232 Å². The molecule has 0 aliphatic carbocycles. The van der Waals surface area contributed by atoms with Gasteiger partial charge in [0.2, 0.25) is 0 Å². The van der Waals surface area contributed by atoms with Gasteiger partial charge in [0.15, 0.2) is 11.5 Å². The summed E-state index contributed by atoms with van der Waals surface area (Å²) >= 11 is 0. The number of amides is 2. The van der Waals surface area contributed by atoms with Gasteiger partial charge in [-0.1, -0.05) is 0 Å². The van der Waals surface area contributed by atoms with Crippen molar-refractivity contribution in [2.45, 2.75) is 31.9 Å². The quantitative estimate of drug-likeness (QED) is 0.234. The fraction of sp³-hybridized carbons (Fsp3) is 0.357. The Morgan fingerprint density at radius 3 is 2.70 bits per heavy atom. The summed E-state index contributed by atoms with van der Waals surface area (Å²) in [4.78, 5) is 36.0. The molecule has 5 N–H and O–H groups in total. The Bertz CT molecular complexity index is 1410. The molecule has 4 rings (SSSR count). The second-order valence-electron chi connectivity index (χ2n) is 9.52. The number of nitrogens with zero attached hydrogens (tertiary/aromatic N) is 4. The minimum atomic E-state index is -0.447. The monoisotopic (exact) mass is 549 g/mol. The first-order valence-electron chi connectivity index (χ1n) is 13.0. The molecular weight excluding hydrogens is 514 g/mol. The van der Waals surface area contributed by atoms with E-state index in [2.05, 4.69) is 25.5 Å². The summed E-state index contributed by atoms with van der Waals surface area (Å²) in [7, 11) is 3.08. The SMILES string of the molecule is CNC(=O)n1ccc2cc(Oc3ccnc(NC(=O)C(C=NC4CCN(C[C@@H](C)O)CC4)=CN)c3)c(OC)cc21. The van der Waals surface area contributed by atoms with E-state index in [0.29, 0.717) is 29.3 Å². The molecular formula is C28H35N7O5. The van der Waals surface area contributed by atoms with Crippen molar-refractivity contribution in [2.24, 2.45) is 10.7 Å². The van der Waals surface area contributed by atoms with Crippen LogP contribution in [-0.4, -0.2) is 83.6 Å². The van der Waals surface area contributed by atoms with Crippen molar-refractivity contribution < 1.29 is 24.2 Å². The number of benzene rings is 1. The van der Waals surface area contributed by atoms with E-state index in [1.165, 1.54) is 30.3 Å². The number of hydrogen-bond acceptors (Lipinski definition) is 9. The van der Waals surface area contributed by atoms with Gasteiger partial charge < -0.3 is 35.8 Å². The number of carbonyl (C=O) groups is 2. The third kappa shape index (κ3) is 6.96. The Hall–Kier alpha value is -4.42. The average Bonchev–Trinajstić information content (AvgIpc) is 3.36. The van der Waals surface area contributed by atoms with Crippen molar-refractivity contribution >= 4 is 34.9 Å². The van der Waals surface area contributed by atoms with Gasteiger partial charge in [-0.2, -0.15) is 0 Å². The highest BCUT2D eigenvalue weighted by molar-refractivity contribution is 6.17. The highest BCUT2D eigenvalue weighted by Gasteiger charge is 2.20. The van der Waals surface area contributed by atoms with Gasteiger partial charge >= 0.3 is 6.03 Å². The summed E-state index contributed by atoms with van der Waals surface area (Å²) < 4.78 is 13.0. The molecule has 1 aliphatic rings. The van der Waals surface area contributed by atoms with Gasteiger partial charge in [0.1, 0.15) is 11.6 Å². The Kier molecular flexibility index (Phi) is 9.35. The van der Waals surface area contributed by atoms with Crippen molar-refractivity contribution in [3.05, 3.63) is 54.5 Å². The fourth-order valence-corrected chi connectivity index (χ4v) is 4.53. The minimum Gasteiger partial charge on any atom is -0.493 e. The predicted molar refractivity (Wildman–Crippen MR) is 153 cm³/mol. The van der Waals surface area contributed by atoms with E-state index in [0.717, 1.165) is 31.3 Å². The van der Waals surface area contributed by atoms with Crippen LogP contribution in [0, 0.1) is 0 Å². The fourth-order valence-electron chi connectivity index (χ4n) is 4.53. The standard InChI is InChI=1S/C28H35N7O5/c1-18(36)17-34-9-6-21(7-10-34)32-16-20(15-29)27(37)33-26-13-22(4-8-31-26)40-25-12-19-5-11-35(28(38)30-2)23(19)14-24(25)39-3/h4-5,8,11-16,18,21,36H,6-7,9-10,17,29H2,1-3H3,(H,30,38)(H,31,33,37)/t18-/m1/s1. The maximum absolute atomic E-state index is 12.9. The molecule has 0 unspecified atom stereocenters. The number of aliphatic hydroxyl groups is 1. The van der Waals surface area contributed by atoms with Crippen LogP contribution in [0.15, 0.2) is 59.5 Å². The summed E-state index contributed by atoms with van der Waals surface area (Å²) in [5.41, 5.74) is 6.60. The van der Waals surface area contributed by atoms with Gasteiger partial charge in [-0.3, -0.25) is 14.4 Å². The van der Waals surface area contributed by atoms with E-state index in [1.54, 1.807) is 50.5 Å². The summed E-state index contributed by atoms with van der Waals surface area (Å²) in [6.07, 6.45) is 7.22. The number of aliphatic hydroxyl groups excluding tert-OH is 1. The number of carbonyl (C=O) groups excluding carboxylic acids is 2. The molecule has 3 heterocycles. The third-order valence-corrected chi connectivity index (χ3v) is 6.55. The molecule has 2 aromatic heterocycles. The molecule has 1 fully saturated rings. The van der Waals surface area contributed by atoms with Crippen molar-refractivity contribution in [1.82, 2.24) is 19.8 Å². The zero-order chi connectivity index (χ0) is 28.6. The van der Waals surface area contributed by atoms with Gasteiger partial charge in [0.05, 0.1) is 30.3 Å². The molecule has 0 saturated carbocycles. The van der Waals surface area contributed by atoms with Crippen LogP contribution in [0.5, 0.6) is 17.2 Å². The molecule has 212 valence electrons.